The third-order valence-electron chi connectivity index (χ3n) is 11.9. The largest absolute Gasteiger partial charge is 0.480 e. The summed E-state index contributed by atoms with van der Waals surface area (Å²) in [6.07, 6.45) is 5.22. The lowest BCUT2D eigenvalue weighted by Crippen LogP contribution is -2.62. The molecule has 5 rings (SSSR count). The molecule has 10 nitrogen and oxygen atoms in total. The fourth-order valence-electron chi connectivity index (χ4n) is 9.66. The first kappa shape index (κ1) is 33.1. The first-order valence-corrected chi connectivity index (χ1v) is 17.2. The van der Waals surface area contributed by atoms with E-state index in [4.69, 9.17) is 23.2 Å². The van der Waals surface area contributed by atoms with Gasteiger partial charge >= 0.3 is 5.97 Å². The zero-order chi connectivity index (χ0) is 31.3. The van der Waals surface area contributed by atoms with E-state index in [0.717, 1.165) is 43.9 Å². The van der Waals surface area contributed by atoms with Gasteiger partial charge in [-0.3, -0.25) is 4.79 Å². The van der Waals surface area contributed by atoms with E-state index in [0.29, 0.717) is 19.3 Å². The van der Waals surface area contributed by atoms with Crippen LogP contribution < -0.4 is 5.32 Å². The molecule has 12 atom stereocenters. The maximum absolute atomic E-state index is 12.9. The number of aliphatic carboxylic acids is 1. The molecule has 5 N–H and O–H groups in total. The second-order valence-electron chi connectivity index (χ2n) is 14.0. The predicted molar refractivity (Wildman–Crippen MR) is 163 cm³/mol. The molecule has 0 aliphatic heterocycles. The molecule has 4 aliphatic carbocycles. The van der Waals surface area contributed by atoms with Gasteiger partial charge in [-0.2, -0.15) is 15.0 Å². The van der Waals surface area contributed by atoms with Crippen molar-refractivity contribution in [2.75, 3.05) is 5.75 Å². The Bertz CT molecular complexity index is 1190. The second-order valence-corrected chi connectivity index (χ2v) is 15.6. The van der Waals surface area contributed by atoms with E-state index in [1.54, 1.807) is 0 Å². The van der Waals surface area contributed by atoms with Crippen LogP contribution in [0.2, 0.25) is 10.6 Å². The maximum Gasteiger partial charge on any atom is 0.327 e. The van der Waals surface area contributed by atoms with Crippen molar-refractivity contribution < 1.29 is 30.0 Å². The van der Waals surface area contributed by atoms with Crippen LogP contribution in [0.15, 0.2) is 5.16 Å². The molecule has 0 bridgehead atoms. The number of thioether (sulfide) groups is 1. The van der Waals surface area contributed by atoms with E-state index < -0.39 is 24.2 Å². The summed E-state index contributed by atoms with van der Waals surface area (Å²) in [6.45, 7) is 6.64. The third kappa shape index (κ3) is 6.41. The Morgan fingerprint density at radius 1 is 1.02 bits per heavy atom. The lowest BCUT2D eigenvalue weighted by atomic mass is 9.43. The quantitative estimate of drug-likeness (QED) is 0.243. The van der Waals surface area contributed by atoms with E-state index in [1.165, 1.54) is 0 Å². The van der Waals surface area contributed by atoms with Crippen LogP contribution in [0.1, 0.15) is 78.6 Å². The molecular formula is C30H44Cl2N4O6S. The van der Waals surface area contributed by atoms with Crippen LogP contribution in [0, 0.1) is 46.3 Å². The molecule has 0 spiro atoms. The predicted octanol–water partition coefficient (Wildman–Crippen LogP) is 4.22. The lowest BCUT2D eigenvalue weighted by molar-refractivity contribution is -0.207. The standard InChI is InChI=1S/C30H44Cl2N4O6S/c1-14(4-7-23(40)33-20(25(41)42)13-43-28-35-26(31)34-27(32)36-28)17-5-6-18-24-19(12-22(39)30(17,18)3)29(2)9-8-16(37)10-15(29)11-21(24)38/h14-22,24,37-39H,4-13H2,1-3H3,(H,33,40)(H,41,42)/t14-,15-,16+,17+,18-,19-,20+,21+,22-,24-,29-,30+/m0/s1. The summed E-state index contributed by atoms with van der Waals surface area (Å²) in [4.78, 5) is 36.2. The number of carbonyl (C=O) groups is 2. The van der Waals surface area contributed by atoms with Crippen molar-refractivity contribution in [2.24, 2.45) is 46.3 Å². The van der Waals surface area contributed by atoms with Gasteiger partial charge in [-0.15, -0.1) is 0 Å². The van der Waals surface area contributed by atoms with Crippen molar-refractivity contribution in [3.63, 3.8) is 0 Å². The maximum atomic E-state index is 12.9. The van der Waals surface area contributed by atoms with Gasteiger partial charge in [0.25, 0.3) is 0 Å². The molecule has 4 fully saturated rings. The minimum atomic E-state index is -1.17. The molecule has 4 aliphatic rings. The van der Waals surface area contributed by atoms with Crippen LogP contribution in [0.3, 0.4) is 0 Å². The molecule has 1 aromatic heterocycles. The van der Waals surface area contributed by atoms with E-state index in [-0.39, 0.29) is 86.2 Å². The summed E-state index contributed by atoms with van der Waals surface area (Å²) in [6, 6.07) is -1.15. The Balaban J connectivity index is 1.20. The van der Waals surface area contributed by atoms with Gasteiger partial charge in [0.2, 0.25) is 16.5 Å². The molecule has 1 heterocycles. The number of aromatic nitrogens is 3. The van der Waals surface area contributed by atoms with E-state index in [9.17, 15) is 30.0 Å². The topological polar surface area (TPSA) is 166 Å². The van der Waals surface area contributed by atoms with Crippen LogP contribution in [0.5, 0.6) is 0 Å². The Labute approximate surface area is 267 Å². The van der Waals surface area contributed by atoms with E-state index in [2.05, 4.69) is 41.0 Å². The van der Waals surface area contributed by atoms with E-state index in [1.807, 2.05) is 0 Å². The van der Waals surface area contributed by atoms with Crippen molar-refractivity contribution in [3.8, 4) is 0 Å². The summed E-state index contributed by atoms with van der Waals surface area (Å²) in [5, 5.41) is 45.9. The average Bonchev–Trinajstić information content (AvgIpc) is 3.29. The van der Waals surface area contributed by atoms with Gasteiger partial charge in [-0.05, 0) is 121 Å². The molecular weight excluding hydrogens is 615 g/mol. The first-order chi connectivity index (χ1) is 20.2. The highest BCUT2D eigenvalue weighted by Crippen LogP contribution is 2.68. The highest BCUT2D eigenvalue weighted by atomic mass is 35.5. The van der Waals surface area contributed by atoms with Crippen LogP contribution in [0.4, 0.5) is 0 Å². The molecule has 1 amide bonds. The number of fused-ring (bicyclic) bond motifs is 5. The van der Waals surface area contributed by atoms with Crippen molar-refractivity contribution in [3.05, 3.63) is 10.6 Å². The van der Waals surface area contributed by atoms with Gasteiger partial charge in [-0.1, -0.05) is 32.5 Å². The highest BCUT2D eigenvalue weighted by Gasteiger charge is 2.65. The Hall–Kier alpha value is -1.24. The molecule has 0 unspecified atom stereocenters. The normalized spacial score (nSPS) is 40.1. The van der Waals surface area contributed by atoms with E-state index >= 15 is 0 Å². The highest BCUT2D eigenvalue weighted by molar-refractivity contribution is 7.99. The SMILES string of the molecule is C[C@@H](CCC(=O)N[C@H](CSc1nc(Cl)nc(Cl)n1)C(=O)O)[C@H]1CC[C@H]2[C@@H]3[C@H](O)C[C@@H]4C[C@H](O)CC[C@]4(C)[C@H]3C[C@H](O)[C@]12C. The molecule has 0 radical (unpaired) electrons. The Kier molecular flexibility index (Phi) is 9.92. The number of carbonyl (C=O) groups excluding carboxylic acids is 1. The van der Waals surface area contributed by atoms with Crippen molar-refractivity contribution in [1.29, 1.82) is 0 Å². The number of carboxylic acids is 1. The zero-order valence-electron chi connectivity index (χ0n) is 25.0. The van der Waals surface area contributed by atoms with Crippen molar-refractivity contribution >= 4 is 46.8 Å². The van der Waals surface area contributed by atoms with Crippen LogP contribution in [-0.4, -0.2) is 77.4 Å². The molecule has 240 valence electrons. The summed E-state index contributed by atoms with van der Waals surface area (Å²) in [5.74, 6) is -0.356. The van der Waals surface area contributed by atoms with Gasteiger partial charge in [-0.25, -0.2) is 4.79 Å². The third-order valence-corrected chi connectivity index (χ3v) is 13.2. The number of aliphatic hydroxyl groups excluding tert-OH is 3. The number of halogens is 2. The number of aliphatic hydroxyl groups is 3. The first-order valence-electron chi connectivity index (χ1n) is 15.5. The Morgan fingerprint density at radius 2 is 1.72 bits per heavy atom. The molecule has 1 aromatic rings. The molecule has 0 aromatic carbocycles. The number of nitrogens with one attached hydrogen (secondary N) is 1. The minimum Gasteiger partial charge on any atom is -0.480 e. The summed E-state index contributed by atoms with van der Waals surface area (Å²) >= 11 is 12.6. The zero-order valence-corrected chi connectivity index (χ0v) is 27.3. The summed E-state index contributed by atoms with van der Waals surface area (Å²) in [7, 11) is 0. The average molecular weight is 660 g/mol. The minimum absolute atomic E-state index is 0.00845. The number of rotatable bonds is 9. The van der Waals surface area contributed by atoms with Gasteiger partial charge in [0, 0.05) is 12.2 Å². The Morgan fingerprint density at radius 3 is 2.40 bits per heavy atom. The smallest absolute Gasteiger partial charge is 0.327 e. The second kappa shape index (κ2) is 12.9. The van der Waals surface area contributed by atoms with Gasteiger partial charge in [0.1, 0.15) is 6.04 Å². The number of carboxylic acid groups (broad SMARTS) is 1. The summed E-state index contributed by atoms with van der Waals surface area (Å²) < 4.78 is 0. The van der Waals surface area contributed by atoms with Crippen molar-refractivity contribution in [1.82, 2.24) is 20.3 Å². The number of hydrogen-bond donors (Lipinski definition) is 5. The van der Waals surface area contributed by atoms with Crippen LogP contribution in [-0.2, 0) is 9.59 Å². The fraction of sp³-hybridized carbons (Fsp3) is 0.833. The van der Waals surface area contributed by atoms with Gasteiger partial charge in [0.05, 0.1) is 18.3 Å². The van der Waals surface area contributed by atoms with Crippen molar-refractivity contribution in [2.45, 2.75) is 108 Å². The molecule has 0 saturated heterocycles. The number of amides is 1. The molecule has 4 saturated carbocycles. The number of nitrogens with zero attached hydrogens (tertiary/aromatic N) is 3. The van der Waals surface area contributed by atoms with Crippen LogP contribution >= 0.6 is 35.0 Å². The van der Waals surface area contributed by atoms with Crippen LogP contribution in [0.25, 0.3) is 0 Å². The molecule has 43 heavy (non-hydrogen) atoms. The lowest BCUT2D eigenvalue weighted by Gasteiger charge is -2.63. The monoisotopic (exact) mass is 658 g/mol. The van der Waals surface area contributed by atoms with Gasteiger partial charge < -0.3 is 25.7 Å². The van der Waals surface area contributed by atoms with Gasteiger partial charge in [0.15, 0.2) is 5.16 Å². The fourth-order valence-corrected chi connectivity index (χ4v) is 11.0. The number of hydrogen-bond acceptors (Lipinski definition) is 9. The summed E-state index contributed by atoms with van der Waals surface area (Å²) in [5.41, 5.74) is -0.336. The molecule has 13 heteroatoms.